The van der Waals surface area contributed by atoms with Crippen molar-refractivity contribution in [1.29, 1.82) is 0 Å². The zero-order chi connectivity index (χ0) is 26.6. The Labute approximate surface area is 193 Å². The maximum absolute atomic E-state index is 14.5. The SMILES string of the molecule is [2H]C1C([2H])([2H])C(=O)NC(=O)[C@]1([2H])N1Cc2cc(CCC(=O)C(F)(F)c3ccc(Cl)cc3)ccc2C1=O. The van der Waals surface area contributed by atoms with E-state index in [-0.39, 0.29) is 23.6 Å². The average Bonchev–Trinajstić information content (AvgIpc) is 3.16. The van der Waals surface area contributed by atoms with Crippen molar-refractivity contribution in [2.24, 2.45) is 0 Å². The molecular formula is C23H19ClF2N2O4. The molecule has 1 saturated heterocycles. The second-order valence-corrected chi connectivity index (χ2v) is 7.78. The monoisotopic (exact) mass is 464 g/mol. The molecule has 4 rings (SSSR count). The number of Topliss-reactive ketones (excluding diaryl/α,β-unsaturated/α-hetero) is 1. The Morgan fingerprint density at radius 1 is 1.22 bits per heavy atom. The minimum absolute atomic E-state index is 0.0753. The number of carbonyl (C=O) groups is 4. The highest BCUT2D eigenvalue weighted by Crippen LogP contribution is 2.32. The molecule has 32 heavy (non-hydrogen) atoms. The first kappa shape index (κ1) is 17.4. The topological polar surface area (TPSA) is 83.6 Å². The van der Waals surface area contributed by atoms with E-state index in [1.165, 1.54) is 30.3 Å². The van der Waals surface area contributed by atoms with Crippen LogP contribution in [0.4, 0.5) is 8.78 Å². The van der Waals surface area contributed by atoms with Gasteiger partial charge in [0.15, 0.2) is 0 Å². The fourth-order valence-corrected chi connectivity index (χ4v) is 3.69. The van der Waals surface area contributed by atoms with Gasteiger partial charge in [0.2, 0.25) is 17.6 Å². The fourth-order valence-electron chi connectivity index (χ4n) is 3.56. The van der Waals surface area contributed by atoms with E-state index in [0.717, 1.165) is 12.1 Å². The second kappa shape index (κ2) is 8.43. The van der Waals surface area contributed by atoms with Crippen molar-refractivity contribution < 1.29 is 33.4 Å². The van der Waals surface area contributed by atoms with Crippen molar-refractivity contribution in [1.82, 2.24) is 10.2 Å². The first-order valence-corrected chi connectivity index (χ1v) is 9.97. The van der Waals surface area contributed by atoms with Crippen LogP contribution in [0, 0.1) is 0 Å². The normalized spacial score (nSPS) is 26.5. The van der Waals surface area contributed by atoms with E-state index in [1.54, 1.807) is 5.32 Å². The van der Waals surface area contributed by atoms with Crippen LogP contribution >= 0.6 is 11.6 Å². The number of alkyl halides is 2. The van der Waals surface area contributed by atoms with Gasteiger partial charge in [0.1, 0.15) is 6.02 Å². The van der Waals surface area contributed by atoms with E-state index in [0.29, 0.717) is 16.0 Å². The Balaban J connectivity index is 1.51. The molecule has 2 heterocycles. The van der Waals surface area contributed by atoms with Crippen LogP contribution in [0.2, 0.25) is 5.02 Å². The van der Waals surface area contributed by atoms with Crippen LogP contribution in [0.15, 0.2) is 42.5 Å². The largest absolute Gasteiger partial charge is 0.330 e. The average molecular weight is 465 g/mol. The van der Waals surface area contributed by atoms with Gasteiger partial charge in [-0.25, -0.2) is 0 Å². The van der Waals surface area contributed by atoms with Crippen LogP contribution in [-0.4, -0.2) is 34.4 Å². The number of piperidine rings is 1. The van der Waals surface area contributed by atoms with Gasteiger partial charge in [-0.1, -0.05) is 35.9 Å². The van der Waals surface area contributed by atoms with Crippen LogP contribution in [0.5, 0.6) is 0 Å². The Kier molecular flexibility index (Phi) is 4.59. The van der Waals surface area contributed by atoms with Gasteiger partial charge < -0.3 is 4.90 Å². The third kappa shape index (κ3) is 4.14. The van der Waals surface area contributed by atoms with Gasteiger partial charge in [0.05, 0.1) is 1.37 Å². The molecule has 9 heteroatoms. The van der Waals surface area contributed by atoms with E-state index < -0.39 is 60.2 Å². The molecule has 0 radical (unpaired) electrons. The molecule has 0 spiro atoms. The van der Waals surface area contributed by atoms with Crippen molar-refractivity contribution in [3.8, 4) is 0 Å². The number of rotatable bonds is 6. The molecule has 2 aliphatic rings. The number of fused-ring (bicyclic) bond motifs is 1. The van der Waals surface area contributed by atoms with Gasteiger partial charge in [-0.2, -0.15) is 8.78 Å². The fraction of sp³-hybridized carbons (Fsp3) is 0.304. The number of aryl methyl sites for hydroxylation is 1. The molecule has 0 saturated carbocycles. The van der Waals surface area contributed by atoms with Gasteiger partial charge >= 0.3 is 5.92 Å². The maximum Gasteiger partial charge on any atom is 0.330 e. The van der Waals surface area contributed by atoms with Crippen molar-refractivity contribution in [3.63, 3.8) is 0 Å². The number of nitrogens with one attached hydrogen (secondary N) is 1. The van der Waals surface area contributed by atoms with Crippen LogP contribution in [0.25, 0.3) is 0 Å². The summed E-state index contributed by atoms with van der Waals surface area (Å²) in [6.07, 6.45) is -5.69. The van der Waals surface area contributed by atoms with Crippen molar-refractivity contribution in [2.75, 3.05) is 0 Å². The number of carbonyl (C=O) groups excluding carboxylic acids is 4. The number of hydrogen-bond donors (Lipinski definition) is 1. The number of imide groups is 1. The lowest BCUT2D eigenvalue weighted by Crippen LogP contribution is -2.52. The van der Waals surface area contributed by atoms with Gasteiger partial charge in [0, 0.05) is 39.6 Å². The molecular weight excluding hydrogens is 442 g/mol. The molecule has 2 aromatic carbocycles. The highest BCUT2D eigenvalue weighted by Gasteiger charge is 2.41. The molecule has 2 aliphatic heterocycles. The van der Waals surface area contributed by atoms with E-state index in [2.05, 4.69) is 0 Å². The lowest BCUT2D eigenvalue weighted by atomic mass is 9.97. The molecule has 0 aliphatic carbocycles. The van der Waals surface area contributed by atoms with E-state index in [4.69, 9.17) is 17.1 Å². The molecule has 1 N–H and O–H groups in total. The minimum atomic E-state index is -3.72. The summed E-state index contributed by atoms with van der Waals surface area (Å²) < 4.78 is 61.3. The lowest BCUT2D eigenvalue weighted by molar-refractivity contribution is -0.144. The summed E-state index contributed by atoms with van der Waals surface area (Å²) in [5, 5.41) is 1.97. The Bertz CT molecular complexity index is 1290. The molecule has 2 atom stereocenters. The lowest BCUT2D eigenvalue weighted by Gasteiger charge is -2.29. The Morgan fingerprint density at radius 3 is 2.66 bits per heavy atom. The predicted molar refractivity (Wildman–Crippen MR) is 111 cm³/mol. The summed E-state index contributed by atoms with van der Waals surface area (Å²) in [5.41, 5.74) is 0.366. The summed E-state index contributed by atoms with van der Waals surface area (Å²) in [7, 11) is 0. The van der Waals surface area contributed by atoms with E-state index in [1.807, 2.05) is 0 Å². The Hall–Kier alpha value is -3.13. The molecule has 1 unspecified atom stereocenters. The van der Waals surface area contributed by atoms with Gasteiger partial charge in [-0.05, 0) is 42.1 Å². The summed E-state index contributed by atoms with van der Waals surface area (Å²) in [5.74, 6) is -8.49. The maximum atomic E-state index is 14.5. The van der Waals surface area contributed by atoms with Crippen LogP contribution in [-0.2, 0) is 33.3 Å². The summed E-state index contributed by atoms with van der Waals surface area (Å²) in [6.45, 7) is -0.340. The molecule has 166 valence electrons. The predicted octanol–water partition coefficient (Wildman–Crippen LogP) is 3.39. The number of halogens is 3. The zero-order valence-corrected chi connectivity index (χ0v) is 17.2. The third-order valence-corrected chi connectivity index (χ3v) is 5.51. The zero-order valence-electron chi connectivity index (χ0n) is 20.5. The van der Waals surface area contributed by atoms with E-state index >= 15 is 0 Å². The van der Waals surface area contributed by atoms with Crippen LogP contribution in [0.1, 0.15) is 51.7 Å². The van der Waals surface area contributed by atoms with Crippen molar-refractivity contribution in [3.05, 3.63) is 69.7 Å². The van der Waals surface area contributed by atoms with Crippen molar-refractivity contribution >= 4 is 35.1 Å². The van der Waals surface area contributed by atoms with E-state index in [9.17, 15) is 28.0 Å². The van der Waals surface area contributed by atoms with Gasteiger partial charge in [-0.3, -0.25) is 24.5 Å². The third-order valence-electron chi connectivity index (χ3n) is 5.26. The first-order chi connectivity index (χ1) is 16.7. The number of amides is 3. The summed E-state index contributed by atoms with van der Waals surface area (Å²) in [4.78, 5) is 50.2. The summed E-state index contributed by atoms with van der Waals surface area (Å²) >= 11 is 5.71. The number of ketones is 1. The van der Waals surface area contributed by atoms with Gasteiger partial charge in [0.25, 0.3) is 5.91 Å². The first-order valence-electron chi connectivity index (χ1n) is 11.7. The molecule has 3 amide bonds. The molecule has 0 aromatic heterocycles. The number of hydrogen-bond acceptors (Lipinski definition) is 4. The van der Waals surface area contributed by atoms with Crippen LogP contribution < -0.4 is 5.32 Å². The minimum Gasteiger partial charge on any atom is -0.322 e. The van der Waals surface area contributed by atoms with Crippen LogP contribution in [0.3, 0.4) is 0 Å². The standard InChI is InChI=1S/C23H19ClF2N2O4/c24-16-5-3-15(4-6-16)23(25,26)19(29)9-2-13-1-7-17-14(11-13)12-28(22(17)32)18-8-10-20(30)27-21(18)31/h1,3-7,11,18H,2,8-10,12H2,(H,27,30,31)/t18-/m1/s1/i8D,10D2,18D/t8?,18-. The molecule has 2 aromatic rings. The quantitative estimate of drug-likeness (QED) is 0.664. The van der Waals surface area contributed by atoms with Crippen molar-refractivity contribution in [2.45, 2.75) is 44.1 Å². The number of nitrogens with zero attached hydrogens (tertiary/aromatic N) is 1. The summed E-state index contributed by atoms with van der Waals surface area (Å²) in [6, 6.07) is 6.23. The highest BCUT2D eigenvalue weighted by atomic mass is 35.5. The Morgan fingerprint density at radius 2 is 1.94 bits per heavy atom. The molecule has 6 nitrogen and oxygen atoms in total. The van der Waals surface area contributed by atoms with Gasteiger partial charge in [-0.15, -0.1) is 0 Å². The highest BCUT2D eigenvalue weighted by molar-refractivity contribution is 6.30. The smallest absolute Gasteiger partial charge is 0.322 e. The number of benzene rings is 2. The molecule has 0 bridgehead atoms. The second-order valence-electron chi connectivity index (χ2n) is 7.34. The molecule has 1 fully saturated rings.